The van der Waals surface area contributed by atoms with Crippen LogP contribution >= 0.6 is 0 Å². The van der Waals surface area contributed by atoms with E-state index < -0.39 is 21.5 Å². The van der Waals surface area contributed by atoms with Crippen LogP contribution in [0.2, 0.25) is 0 Å². The minimum atomic E-state index is -3.88. The van der Waals surface area contributed by atoms with Gasteiger partial charge in [0.2, 0.25) is 20.9 Å². The number of benzene rings is 2. The molecule has 1 N–H and O–H groups in total. The van der Waals surface area contributed by atoms with Crippen molar-refractivity contribution in [3.05, 3.63) is 66.4 Å². The summed E-state index contributed by atoms with van der Waals surface area (Å²) in [6.45, 7) is 0.271. The average molecular weight is 399 g/mol. The summed E-state index contributed by atoms with van der Waals surface area (Å²) in [6.07, 6.45) is 1.48. The van der Waals surface area contributed by atoms with E-state index in [0.29, 0.717) is 11.4 Å². The number of hydrogen-bond donors (Lipinski definition) is 1. The first-order valence-corrected chi connectivity index (χ1v) is 10.3. The monoisotopic (exact) mass is 399 g/mol. The Bertz CT molecular complexity index is 1060. The second-order valence-corrected chi connectivity index (χ2v) is 8.12. The molecule has 146 valence electrons. The summed E-state index contributed by atoms with van der Waals surface area (Å²) in [7, 11) is -0.691. The molecule has 28 heavy (non-hydrogen) atoms. The van der Waals surface area contributed by atoms with Crippen molar-refractivity contribution >= 4 is 15.7 Å². The number of amides is 1. The Morgan fingerprint density at radius 1 is 1.11 bits per heavy atom. The standard InChI is InChI=1S/C20H21N3O4S/c1-23-18(16-8-10-17(27-2)11-9-16)13-22-20(23)28(25,26)14-19(24)21-12-15-6-4-3-5-7-15/h3-11,13H,12,14H2,1-2H3,(H,21,24). The fraction of sp³-hybridized carbons (Fsp3) is 0.200. The SMILES string of the molecule is COc1ccc(-c2cnc(S(=O)(=O)CC(=O)NCc3ccccc3)n2C)cc1. The molecule has 0 unspecified atom stereocenters. The van der Waals surface area contributed by atoms with Crippen LogP contribution in [0.5, 0.6) is 5.75 Å². The van der Waals surface area contributed by atoms with Crippen molar-refractivity contribution in [3.63, 3.8) is 0 Å². The van der Waals surface area contributed by atoms with Gasteiger partial charge >= 0.3 is 0 Å². The largest absolute Gasteiger partial charge is 0.497 e. The summed E-state index contributed by atoms with van der Waals surface area (Å²) >= 11 is 0. The number of rotatable bonds is 7. The van der Waals surface area contributed by atoms with Crippen molar-refractivity contribution in [2.45, 2.75) is 11.7 Å². The zero-order valence-electron chi connectivity index (χ0n) is 15.6. The number of aromatic nitrogens is 2. The van der Waals surface area contributed by atoms with E-state index in [1.54, 1.807) is 26.3 Å². The summed E-state index contributed by atoms with van der Waals surface area (Å²) < 4.78 is 31.9. The zero-order valence-corrected chi connectivity index (χ0v) is 16.4. The molecule has 0 aliphatic carbocycles. The van der Waals surface area contributed by atoms with Crippen LogP contribution < -0.4 is 10.1 Å². The van der Waals surface area contributed by atoms with Gasteiger partial charge in [-0.3, -0.25) is 4.79 Å². The number of carbonyl (C=O) groups excluding carboxylic acids is 1. The number of methoxy groups -OCH3 is 1. The summed E-state index contributed by atoms with van der Waals surface area (Å²) in [5, 5.41) is 2.48. The Morgan fingerprint density at radius 2 is 1.79 bits per heavy atom. The second kappa shape index (κ2) is 8.26. The third-order valence-electron chi connectivity index (χ3n) is 4.26. The molecule has 0 fully saturated rings. The Labute approximate surface area is 163 Å². The number of nitrogens with one attached hydrogen (secondary N) is 1. The van der Waals surface area contributed by atoms with Gasteiger partial charge in [0.05, 0.1) is 19.0 Å². The molecule has 0 saturated heterocycles. The third-order valence-corrected chi connectivity index (χ3v) is 5.84. The first kappa shape index (κ1) is 19.6. The molecule has 3 aromatic rings. The molecule has 2 aromatic carbocycles. The van der Waals surface area contributed by atoms with Crippen LogP contribution in [0.25, 0.3) is 11.3 Å². The lowest BCUT2D eigenvalue weighted by Crippen LogP contribution is -2.30. The topological polar surface area (TPSA) is 90.3 Å². The summed E-state index contributed by atoms with van der Waals surface area (Å²) in [5.74, 6) is -0.529. The quantitative estimate of drug-likeness (QED) is 0.658. The van der Waals surface area contributed by atoms with Gasteiger partial charge in [-0.1, -0.05) is 30.3 Å². The summed E-state index contributed by atoms with van der Waals surface area (Å²) in [4.78, 5) is 16.2. The molecule has 0 atom stereocenters. The van der Waals surface area contributed by atoms with E-state index >= 15 is 0 Å². The van der Waals surface area contributed by atoms with Crippen molar-refractivity contribution < 1.29 is 17.9 Å². The summed E-state index contributed by atoms with van der Waals surface area (Å²) in [5.41, 5.74) is 2.32. The number of hydrogen-bond acceptors (Lipinski definition) is 5. The molecule has 7 nitrogen and oxygen atoms in total. The van der Waals surface area contributed by atoms with Crippen molar-refractivity contribution in [3.8, 4) is 17.0 Å². The molecule has 1 aromatic heterocycles. The van der Waals surface area contributed by atoms with Crippen molar-refractivity contribution in [2.24, 2.45) is 7.05 Å². The highest BCUT2D eigenvalue weighted by Gasteiger charge is 2.25. The predicted octanol–water partition coefficient (Wildman–Crippen LogP) is 2.19. The molecule has 8 heteroatoms. The highest BCUT2D eigenvalue weighted by molar-refractivity contribution is 7.92. The fourth-order valence-electron chi connectivity index (χ4n) is 2.80. The van der Waals surface area contributed by atoms with Crippen LogP contribution in [0.1, 0.15) is 5.56 Å². The highest BCUT2D eigenvalue weighted by Crippen LogP contribution is 2.24. The molecule has 0 aliphatic heterocycles. The molecule has 1 heterocycles. The molecule has 0 saturated carbocycles. The van der Waals surface area contributed by atoms with Gasteiger partial charge in [-0.25, -0.2) is 13.4 Å². The molecule has 0 radical (unpaired) electrons. The lowest BCUT2D eigenvalue weighted by molar-refractivity contribution is -0.118. The van der Waals surface area contributed by atoms with E-state index in [2.05, 4.69) is 10.3 Å². The lowest BCUT2D eigenvalue weighted by Gasteiger charge is -2.08. The van der Waals surface area contributed by atoms with Gasteiger partial charge in [-0.05, 0) is 29.8 Å². The van der Waals surface area contributed by atoms with Gasteiger partial charge in [0.15, 0.2) is 0 Å². The minimum Gasteiger partial charge on any atom is -0.497 e. The maximum Gasteiger partial charge on any atom is 0.235 e. The number of carbonyl (C=O) groups is 1. The number of ether oxygens (including phenoxy) is 1. The van der Waals surface area contributed by atoms with Crippen molar-refractivity contribution in [2.75, 3.05) is 12.9 Å². The molecular formula is C20H21N3O4S. The van der Waals surface area contributed by atoms with Crippen LogP contribution in [-0.2, 0) is 28.2 Å². The van der Waals surface area contributed by atoms with E-state index in [9.17, 15) is 13.2 Å². The van der Waals surface area contributed by atoms with Gasteiger partial charge in [0.25, 0.3) is 0 Å². The minimum absolute atomic E-state index is 0.145. The fourth-order valence-corrected chi connectivity index (χ4v) is 4.10. The predicted molar refractivity (Wildman–Crippen MR) is 106 cm³/mol. The van der Waals surface area contributed by atoms with Gasteiger partial charge < -0.3 is 14.6 Å². The first-order valence-electron chi connectivity index (χ1n) is 8.60. The van der Waals surface area contributed by atoms with Gasteiger partial charge in [0, 0.05) is 19.2 Å². The Hall–Kier alpha value is -3.13. The number of nitrogens with zero attached hydrogens (tertiary/aromatic N) is 2. The van der Waals surface area contributed by atoms with Crippen LogP contribution in [0.4, 0.5) is 0 Å². The summed E-state index contributed by atoms with van der Waals surface area (Å²) in [6, 6.07) is 16.5. The van der Waals surface area contributed by atoms with Gasteiger partial charge in [0.1, 0.15) is 11.5 Å². The third kappa shape index (κ3) is 4.40. The van der Waals surface area contributed by atoms with E-state index in [1.807, 2.05) is 42.5 Å². The maximum absolute atomic E-state index is 12.7. The molecular weight excluding hydrogens is 378 g/mol. The van der Waals surface area contributed by atoms with Gasteiger partial charge in [-0.2, -0.15) is 0 Å². The second-order valence-electron chi connectivity index (χ2n) is 6.23. The van der Waals surface area contributed by atoms with E-state index in [0.717, 1.165) is 11.1 Å². The Balaban J connectivity index is 1.73. The van der Waals surface area contributed by atoms with Gasteiger partial charge in [-0.15, -0.1) is 0 Å². The van der Waals surface area contributed by atoms with Crippen molar-refractivity contribution in [1.29, 1.82) is 0 Å². The van der Waals surface area contributed by atoms with E-state index in [4.69, 9.17) is 4.74 Å². The van der Waals surface area contributed by atoms with Crippen LogP contribution in [-0.4, -0.2) is 36.7 Å². The number of sulfone groups is 1. The van der Waals surface area contributed by atoms with E-state index in [-0.39, 0.29) is 11.7 Å². The smallest absolute Gasteiger partial charge is 0.235 e. The van der Waals surface area contributed by atoms with Crippen LogP contribution in [0.3, 0.4) is 0 Å². The molecule has 0 spiro atoms. The Morgan fingerprint density at radius 3 is 2.43 bits per heavy atom. The van der Waals surface area contributed by atoms with Crippen LogP contribution in [0.15, 0.2) is 66.0 Å². The molecule has 1 amide bonds. The van der Waals surface area contributed by atoms with E-state index in [1.165, 1.54) is 10.8 Å². The first-order chi connectivity index (χ1) is 13.4. The maximum atomic E-state index is 12.7. The highest BCUT2D eigenvalue weighted by atomic mass is 32.2. The van der Waals surface area contributed by atoms with Crippen LogP contribution in [0, 0.1) is 0 Å². The normalized spacial score (nSPS) is 11.2. The van der Waals surface area contributed by atoms with Crippen molar-refractivity contribution in [1.82, 2.24) is 14.9 Å². The number of imidazole rings is 1. The lowest BCUT2D eigenvalue weighted by atomic mass is 10.1. The average Bonchev–Trinajstić information content (AvgIpc) is 3.09. The molecule has 0 aliphatic rings. The Kier molecular flexibility index (Phi) is 5.79. The zero-order chi connectivity index (χ0) is 20.1. The molecule has 0 bridgehead atoms. The molecule has 3 rings (SSSR count).